The third-order valence-electron chi connectivity index (χ3n) is 2.74. The average Bonchev–Trinajstić information content (AvgIpc) is 3.16. The molecule has 3 rings (SSSR count). The van der Waals surface area contributed by atoms with Crippen LogP contribution >= 0.6 is 11.8 Å². The Labute approximate surface area is 113 Å². The van der Waals surface area contributed by atoms with Crippen LogP contribution in [0.15, 0.2) is 27.7 Å². The number of carbonyl (C=O) groups is 1. The molecule has 7 heteroatoms. The topological polar surface area (TPSA) is 89.1 Å². The lowest BCUT2D eigenvalue weighted by molar-refractivity contribution is 0.0690. The predicted molar refractivity (Wildman–Crippen MR) is 67.0 cm³/mol. The molecule has 0 aromatic carbocycles. The molecule has 0 radical (unpaired) electrons. The minimum absolute atomic E-state index is 0.0363. The van der Waals surface area contributed by atoms with E-state index in [2.05, 4.69) is 15.1 Å². The van der Waals surface area contributed by atoms with E-state index in [1.807, 2.05) is 0 Å². The lowest BCUT2D eigenvalue weighted by Gasteiger charge is -1.99. The van der Waals surface area contributed by atoms with Gasteiger partial charge in [-0.1, -0.05) is 5.16 Å². The molecule has 1 aliphatic carbocycles. The van der Waals surface area contributed by atoms with Gasteiger partial charge in [0.2, 0.25) is 5.89 Å². The summed E-state index contributed by atoms with van der Waals surface area (Å²) >= 11 is 1.45. The van der Waals surface area contributed by atoms with Gasteiger partial charge in [0.25, 0.3) is 0 Å². The minimum atomic E-state index is -1.03. The second-order valence-corrected chi connectivity index (χ2v) is 5.34. The number of carboxylic acid groups (broad SMARTS) is 1. The van der Waals surface area contributed by atoms with Crippen LogP contribution in [0.5, 0.6) is 0 Å². The summed E-state index contributed by atoms with van der Waals surface area (Å²) in [5, 5.41) is 12.8. The lowest BCUT2D eigenvalue weighted by atomic mass is 10.3. The van der Waals surface area contributed by atoms with E-state index < -0.39 is 5.97 Å². The van der Waals surface area contributed by atoms with Crippen molar-refractivity contribution in [3.8, 4) is 0 Å². The molecular formula is C12H11N3O3S. The molecule has 1 saturated carbocycles. The molecule has 1 fully saturated rings. The number of nitrogens with zero attached hydrogens (tertiary/aromatic N) is 3. The first kappa shape index (κ1) is 12.2. The summed E-state index contributed by atoms with van der Waals surface area (Å²) in [5.74, 6) is 1.33. The highest BCUT2D eigenvalue weighted by Gasteiger charge is 2.28. The normalized spacial score (nSPS) is 14.5. The number of hydrogen-bond donors (Lipinski definition) is 1. The Morgan fingerprint density at radius 2 is 2.37 bits per heavy atom. The van der Waals surface area contributed by atoms with Crippen molar-refractivity contribution >= 4 is 17.7 Å². The highest BCUT2D eigenvalue weighted by Crippen LogP contribution is 2.38. The predicted octanol–water partition coefficient (Wildman–Crippen LogP) is 2.33. The van der Waals surface area contributed by atoms with E-state index >= 15 is 0 Å². The summed E-state index contributed by atoms with van der Waals surface area (Å²) in [4.78, 5) is 19.7. The molecule has 2 aromatic heterocycles. The number of pyridine rings is 1. The van der Waals surface area contributed by atoms with Crippen molar-refractivity contribution in [2.45, 2.75) is 29.4 Å². The van der Waals surface area contributed by atoms with E-state index in [9.17, 15) is 4.79 Å². The number of hydrogen-bond acceptors (Lipinski definition) is 6. The quantitative estimate of drug-likeness (QED) is 0.839. The third-order valence-corrected chi connectivity index (χ3v) is 3.72. The molecule has 6 nitrogen and oxygen atoms in total. The van der Waals surface area contributed by atoms with Crippen molar-refractivity contribution in [3.05, 3.63) is 35.7 Å². The fourth-order valence-corrected chi connectivity index (χ4v) is 2.36. The summed E-state index contributed by atoms with van der Waals surface area (Å²) < 4.78 is 5.15. The van der Waals surface area contributed by atoms with Crippen LogP contribution in [0, 0.1) is 0 Å². The van der Waals surface area contributed by atoms with Gasteiger partial charge in [-0.3, -0.25) is 0 Å². The molecule has 0 atom stereocenters. The number of carboxylic acids is 1. The summed E-state index contributed by atoms with van der Waals surface area (Å²) in [6.45, 7) is 0. The summed E-state index contributed by atoms with van der Waals surface area (Å²) in [6.07, 6.45) is 3.76. The fourth-order valence-electron chi connectivity index (χ4n) is 1.60. The Hall–Kier alpha value is -1.89. The Bertz CT molecular complexity index is 610. The maximum absolute atomic E-state index is 10.8. The van der Waals surface area contributed by atoms with Gasteiger partial charge in [0.1, 0.15) is 5.69 Å². The zero-order valence-corrected chi connectivity index (χ0v) is 10.8. The van der Waals surface area contributed by atoms with Gasteiger partial charge in [-0.2, -0.15) is 4.98 Å². The van der Waals surface area contributed by atoms with Crippen LogP contribution in [-0.4, -0.2) is 26.2 Å². The summed E-state index contributed by atoms with van der Waals surface area (Å²) in [6, 6.07) is 3.29. The van der Waals surface area contributed by atoms with Crippen LogP contribution in [-0.2, 0) is 5.75 Å². The van der Waals surface area contributed by atoms with Gasteiger partial charge in [0, 0.05) is 17.0 Å². The number of thioether (sulfide) groups is 1. The van der Waals surface area contributed by atoms with E-state index in [1.165, 1.54) is 24.0 Å². The molecular weight excluding hydrogens is 266 g/mol. The van der Waals surface area contributed by atoms with Crippen LogP contribution in [0.2, 0.25) is 0 Å². The van der Waals surface area contributed by atoms with Gasteiger partial charge < -0.3 is 9.63 Å². The molecule has 2 aromatic rings. The van der Waals surface area contributed by atoms with Gasteiger partial charge >= 0.3 is 5.97 Å². The first-order chi connectivity index (χ1) is 9.22. The van der Waals surface area contributed by atoms with Crippen LogP contribution in [0.3, 0.4) is 0 Å². The summed E-state index contributed by atoms with van der Waals surface area (Å²) in [5.41, 5.74) is 0.0363. The molecule has 0 aliphatic heterocycles. The van der Waals surface area contributed by atoms with Crippen molar-refractivity contribution in [2.75, 3.05) is 0 Å². The van der Waals surface area contributed by atoms with Gasteiger partial charge in [-0.15, -0.1) is 11.8 Å². The zero-order chi connectivity index (χ0) is 13.2. The van der Waals surface area contributed by atoms with E-state index in [4.69, 9.17) is 9.63 Å². The molecule has 0 saturated heterocycles. The SMILES string of the molecule is O=C(O)c1cc(SCc2nc(C3CC3)no2)ccn1. The van der Waals surface area contributed by atoms with Crippen LogP contribution in [0.4, 0.5) is 0 Å². The van der Waals surface area contributed by atoms with Crippen molar-refractivity contribution in [2.24, 2.45) is 0 Å². The second kappa shape index (κ2) is 5.00. The Kier molecular flexibility index (Phi) is 3.20. The minimum Gasteiger partial charge on any atom is -0.477 e. The first-order valence-electron chi connectivity index (χ1n) is 5.87. The highest BCUT2D eigenvalue weighted by atomic mass is 32.2. The van der Waals surface area contributed by atoms with Gasteiger partial charge in [0.05, 0.1) is 5.75 Å². The van der Waals surface area contributed by atoms with E-state index in [1.54, 1.807) is 6.07 Å². The van der Waals surface area contributed by atoms with Crippen molar-refractivity contribution in [1.82, 2.24) is 15.1 Å². The standard InChI is InChI=1S/C12H11N3O3S/c16-12(17)9-5-8(3-4-13-9)19-6-10-14-11(15-18-10)7-1-2-7/h3-5,7H,1-2,6H2,(H,16,17). The lowest BCUT2D eigenvalue weighted by Crippen LogP contribution is -1.99. The van der Waals surface area contributed by atoms with Gasteiger partial charge in [-0.05, 0) is 25.0 Å². The Morgan fingerprint density at radius 1 is 1.53 bits per heavy atom. The molecule has 0 spiro atoms. The van der Waals surface area contributed by atoms with E-state index in [0.717, 1.165) is 23.6 Å². The molecule has 0 unspecified atom stereocenters. The zero-order valence-electron chi connectivity index (χ0n) is 9.94. The van der Waals surface area contributed by atoms with Crippen molar-refractivity contribution < 1.29 is 14.4 Å². The molecule has 0 amide bonds. The molecule has 2 heterocycles. The van der Waals surface area contributed by atoms with Crippen LogP contribution in [0.25, 0.3) is 0 Å². The number of rotatable bonds is 5. The van der Waals surface area contributed by atoms with E-state index in [0.29, 0.717) is 17.6 Å². The second-order valence-electron chi connectivity index (χ2n) is 4.29. The number of aromatic nitrogens is 3. The maximum atomic E-state index is 10.8. The van der Waals surface area contributed by atoms with Crippen LogP contribution < -0.4 is 0 Å². The van der Waals surface area contributed by atoms with Crippen molar-refractivity contribution in [1.29, 1.82) is 0 Å². The molecule has 19 heavy (non-hydrogen) atoms. The largest absolute Gasteiger partial charge is 0.477 e. The average molecular weight is 277 g/mol. The molecule has 98 valence electrons. The monoisotopic (exact) mass is 277 g/mol. The summed E-state index contributed by atoms with van der Waals surface area (Å²) in [7, 11) is 0. The Balaban J connectivity index is 1.64. The van der Waals surface area contributed by atoms with Gasteiger partial charge in [-0.25, -0.2) is 9.78 Å². The fraction of sp³-hybridized carbons (Fsp3) is 0.333. The first-order valence-corrected chi connectivity index (χ1v) is 6.85. The van der Waals surface area contributed by atoms with Gasteiger partial charge in [0.15, 0.2) is 5.82 Å². The molecule has 1 N–H and O–H groups in total. The molecule has 0 bridgehead atoms. The smallest absolute Gasteiger partial charge is 0.354 e. The Morgan fingerprint density at radius 3 is 3.11 bits per heavy atom. The number of aromatic carboxylic acids is 1. The van der Waals surface area contributed by atoms with Crippen molar-refractivity contribution in [3.63, 3.8) is 0 Å². The molecule has 1 aliphatic rings. The maximum Gasteiger partial charge on any atom is 0.354 e. The van der Waals surface area contributed by atoms with Crippen LogP contribution in [0.1, 0.15) is 41.0 Å². The third kappa shape index (κ3) is 2.93. The highest BCUT2D eigenvalue weighted by molar-refractivity contribution is 7.98. The van der Waals surface area contributed by atoms with E-state index in [-0.39, 0.29) is 5.69 Å².